The molecule has 112 valence electrons. The number of unbranched alkanes of at least 4 members (excludes halogenated alkanes) is 2. The summed E-state index contributed by atoms with van der Waals surface area (Å²) in [6, 6.07) is 0. The second-order valence-electron chi connectivity index (χ2n) is 4.09. The minimum absolute atomic E-state index is 0.0345. The molecule has 0 amide bonds. The van der Waals surface area contributed by atoms with Crippen molar-refractivity contribution in [3.05, 3.63) is 0 Å². The standard InChI is InChI=1S/C12H22O6S/c1-3-18-12(14)7-5-4-6-9-19(15,16)10-8-11(13)17-2/h3-10H2,1-2H3. The molecule has 0 aromatic carbocycles. The Kier molecular flexibility index (Phi) is 9.20. The van der Waals surface area contributed by atoms with E-state index in [1.54, 1.807) is 6.92 Å². The fraction of sp³-hybridized carbons (Fsp3) is 0.833. The zero-order chi connectivity index (χ0) is 14.7. The van der Waals surface area contributed by atoms with Crippen LogP contribution in [0.4, 0.5) is 0 Å². The molecule has 0 aliphatic carbocycles. The van der Waals surface area contributed by atoms with Gasteiger partial charge in [0.2, 0.25) is 0 Å². The van der Waals surface area contributed by atoms with Crippen LogP contribution in [-0.2, 0) is 28.9 Å². The largest absolute Gasteiger partial charge is 0.469 e. The molecule has 0 unspecified atom stereocenters. The summed E-state index contributed by atoms with van der Waals surface area (Å²) in [7, 11) is -1.99. The molecule has 0 saturated carbocycles. The SMILES string of the molecule is CCOC(=O)CCCCCS(=O)(=O)CCC(=O)OC. The molecule has 6 nitrogen and oxygen atoms in total. The van der Waals surface area contributed by atoms with Crippen LogP contribution in [0.1, 0.15) is 39.0 Å². The first kappa shape index (κ1) is 17.9. The van der Waals surface area contributed by atoms with Gasteiger partial charge in [-0.25, -0.2) is 8.42 Å². The average molecular weight is 294 g/mol. The number of esters is 2. The minimum atomic E-state index is -3.21. The van der Waals surface area contributed by atoms with Crippen LogP contribution in [0, 0.1) is 0 Å². The van der Waals surface area contributed by atoms with Crippen LogP contribution in [0.5, 0.6) is 0 Å². The third-order valence-corrected chi connectivity index (χ3v) is 4.22. The van der Waals surface area contributed by atoms with Gasteiger partial charge in [-0.1, -0.05) is 6.42 Å². The molecule has 0 N–H and O–H groups in total. The van der Waals surface area contributed by atoms with Gasteiger partial charge in [0.05, 0.1) is 31.6 Å². The van der Waals surface area contributed by atoms with Crippen LogP contribution in [-0.4, -0.2) is 45.6 Å². The molecule has 0 aliphatic rings. The third-order valence-electron chi connectivity index (χ3n) is 2.49. The summed E-state index contributed by atoms with van der Waals surface area (Å²) >= 11 is 0. The van der Waals surface area contributed by atoms with Crippen LogP contribution >= 0.6 is 0 Å². The maximum atomic E-state index is 11.6. The molecule has 0 saturated heterocycles. The van der Waals surface area contributed by atoms with Crippen LogP contribution in [0.15, 0.2) is 0 Å². The summed E-state index contributed by atoms with van der Waals surface area (Å²) < 4.78 is 32.2. The van der Waals surface area contributed by atoms with Gasteiger partial charge in [-0.2, -0.15) is 0 Å². The summed E-state index contributed by atoms with van der Waals surface area (Å²) in [4.78, 5) is 21.9. The molecular formula is C12H22O6S. The van der Waals surface area contributed by atoms with Crippen molar-refractivity contribution in [2.45, 2.75) is 39.0 Å². The average Bonchev–Trinajstić information content (AvgIpc) is 2.36. The van der Waals surface area contributed by atoms with E-state index in [1.165, 1.54) is 7.11 Å². The molecule has 0 radical (unpaired) electrons. The lowest BCUT2D eigenvalue weighted by Crippen LogP contribution is -2.15. The number of hydrogen-bond donors (Lipinski definition) is 0. The molecule has 0 aromatic rings. The Morgan fingerprint density at radius 2 is 1.63 bits per heavy atom. The van der Waals surface area contributed by atoms with Gasteiger partial charge in [-0.15, -0.1) is 0 Å². The smallest absolute Gasteiger partial charge is 0.306 e. The summed E-state index contributed by atoms with van der Waals surface area (Å²) in [6.45, 7) is 2.10. The number of rotatable bonds is 10. The van der Waals surface area contributed by atoms with E-state index < -0.39 is 15.8 Å². The topological polar surface area (TPSA) is 86.7 Å². The molecule has 0 bridgehead atoms. The van der Waals surface area contributed by atoms with Gasteiger partial charge < -0.3 is 9.47 Å². The number of sulfone groups is 1. The van der Waals surface area contributed by atoms with Crippen LogP contribution in [0.25, 0.3) is 0 Å². The lowest BCUT2D eigenvalue weighted by atomic mass is 10.2. The molecule has 0 aliphatic heterocycles. The second kappa shape index (κ2) is 9.77. The number of carbonyl (C=O) groups is 2. The summed E-state index contributed by atoms with van der Waals surface area (Å²) in [5.74, 6) is -0.924. The van der Waals surface area contributed by atoms with Crippen molar-refractivity contribution in [1.82, 2.24) is 0 Å². The quantitative estimate of drug-likeness (QED) is 0.443. The lowest BCUT2D eigenvalue weighted by molar-refractivity contribution is -0.143. The number of carbonyl (C=O) groups excluding carboxylic acids is 2. The molecule has 0 fully saturated rings. The van der Waals surface area contributed by atoms with Crippen molar-refractivity contribution >= 4 is 21.8 Å². The highest BCUT2D eigenvalue weighted by molar-refractivity contribution is 7.91. The Balaban J connectivity index is 3.69. The zero-order valence-corrected chi connectivity index (χ0v) is 12.3. The number of hydrogen-bond acceptors (Lipinski definition) is 6. The van der Waals surface area contributed by atoms with Crippen molar-refractivity contribution in [2.75, 3.05) is 25.2 Å². The van der Waals surface area contributed by atoms with Gasteiger partial charge in [0.1, 0.15) is 0 Å². The van der Waals surface area contributed by atoms with Gasteiger partial charge in [0.25, 0.3) is 0 Å². The zero-order valence-electron chi connectivity index (χ0n) is 11.5. The van der Waals surface area contributed by atoms with Crippen LogP contribution in [0.3, 0.4) is 0 Å². The van der Waals surface area contributed by atoms with E-state index in [2.05, 4.69) is 4.74 Å². The third kappa shape index (κ3) is 10.5. The van der Waals surface area contributed by atoms with E-state index in [0.717, 1.165) is 0 Å². The highest BCUT2D eigenvalue weighted by Gasteiger charge is 2.13. The van der Waals surface area contributed by atoms with Crippen molar-refractivity contribution in [2.24, 2.45) is 0 Å². The molecule has 0 heterocycles. The fourth-order valence-electron chi connectivity index (χ4n) is 1.44. The first-order valence-corrected chi connectivity index (χ1v) is 8.16. The first-order chi connectivity index (χ1) is 8.91. The molecule has 0 spiro atoms. The molecular weight excluding hydrogens is 272 g/mol. The number of ether oxygens (including phenoxy) is 2. The van der Waals surface area contributed by atoms with Gasteiger partial charge in [0.15, 0.2) is 9.84 Å². The molecule has 0 aromatic heterocycles. The normalized spacial score (nSPS) is 11.1. The van der Waals surface area contributed by atoms with Gasteiger partial charge >= 0.3 is 11.9 Å². The Morgan fingerprint density at radius 1 is 0.947 bits per heavy atom. The summed E-state index contributed by atoms with van der Waals surface area (Å²) in [6.07, 6.45) is 1.96. The summed E-state index contributed by atoms with van der Waals surface area (Å²) in [5, 5.41) is 0. The molecule has 19 heavy (non-hydrogen) atoms. The van der Waals surface area contributed by atoms with Crippen molar-refractivity contribution in [1.29, 1.82) is 0 Å². The van der Waals surface area contributed by atoms with E-state index >= 15 is 0 Å². The van der Waals surface area contributed by atoms with Gasteiger partial charge in [-0.3, -0.25) is 9.59 Å². The van der Waals surface area contributed by atoms with Crippen molar-refractivity contribution in [3.8, 4) is 0 Å². The van der Waals surface area contributed by atoms with Crippen LogP contribution < -0.4 is 0 Å². The molecule has 0 atom stereocenters. The predicted octanol–water partition coefficient (Wildman–Crippen LogP) is 1.09. The van der Waals surface area contributed by atoms with E-state index in [9.17, 15) is 18.0 Å². The first-order valence-electron chi connectivity index (χ1n) is 6.34. The van der Waals surface area contributed by atoms with Gasteiger partial charge in [-0.05, 0) is 19.8 Å². The number of methoxy groups -OCH3 is 1. The second-order valence-corrected chi connectivity index (χ2v) is 6.40. The Bertz CT molecular complexity index is 374. The molecule has 0 rings (SSSR count). The fourth-order valence-corrected chi connectivity index (χ4v) is 2.77. The maximum absolute atomic E-state index is 11.6. The Morgan fingerprint density at radius 3 is 2.21 bits per heavy atom. The van der Waals surface area contributed by atoms with E-state index in [1.807, 2.05) is 0 Å². The van der Waals surface area contributed by atoms with E-state index in [0.29, 0.717) is 32.3 Å². The van der Waals surface area contributed by atoms with Crippen molar-refractivity contribution in [3.63, 3.8) is 0 Å². The Labute approximate surface area is 114 Å². The summed E-state index contributed by atoms with van der Waals surface area (Å²) in [5.41, 5.74) is 0. The van der Waals surface area contributed by atoms with Gasteiger partial charge in [0, 0.05) is 6.42 Å². The lowest BCUT2D eigenvalue weighted by Gasteiger charge is -2.04. The molecule has 7 heteroatoms. The minimum Gasteiger partial charge on any atom is -0.469 e. The van der Waals surface area contributed by atoms with E-state index in [-0.39, 0.29) is 23.9 Å². The highest BCUT2D eigenvalue weighted by Crippen LogP contribution is 2.05. The highest BCUT2D eigenvalue weighted by atomic mass is 32.2. The predicted molar refractivity (Wildman–Crippen MR) is 70.4 cm³/mol. The monoisotopic (exact) mass is 294 g/mol. The Hall–Kier alpha value is -1.11. The van der Waals surface area contributed by atoms with Crippen LogP contribution in [0.2, 0.25) is 0 Å². The van der Waals surface area contributed by atoms with E-state index in [4.69, 9.17) is 4.74 Å². The van der Waals surface area contributed by atoms with Crippen molar-refractivity contribution < 1.29 is 27.5 Å². The maximum Gasteiger partial charge on any atom is 0.306 e.